The molecule has 0 amide bonds. The Bertz CT molecular complexity index is 296. The van der Waals surface area contributed by atoms with Crippen LogP contribution in [0.3, 0.4) is 0 Å². The van der Waals surface area contributed by atoms with Crippen molar-refractivity contribution in [1.82, 2.24) is 0 Å². The van der Waals surface area contributed by atoms with Crippen molar-refractivity contribution in [2.75, 3.05) is 13.2 Å². The molecule has 2 unspecified atom stereocenters. The van der Waals surface area contributed by atoms with Crippen LogP contribution in [-0.2, 0) is 14.3 Å². The summed E-state index contributed by atoms with van der Waals surface area (Å²) in [6, 6.07) is 0. The van der Waals surface area contributed by atoms with Crippen molar-refractivity contribution in [3.8, 4) is 0 Å². The number of hydrogen-bond acceptors (Lipinski definition) is 4. The monoisotopic (exact) mass is 360 g/mol. The van der Waals surface area contributed by atoms with E-state index in [-0.39, 0.29) is 19.3 Å². The molecule has 0 fully saturated rings. The van der Waals surface area contributed by atoms with Gasteiger partial charge in [-0.25, -0.2) is 4.79 Å². The average molecular weight is 361 g/mol. The minimum absolute atomic E-state index is 0.0118. The normalized spacial score (nSPS) is 13.7. The highest BCUT2D eigenvalue weighted by atomic mass is 16.7. The van der Waals surface area contributed by atoms with Crippen LogP contribution in [0.25, 0.3) is 0 Å². The standard InChI is InChI=1S/C20H40O5/c1-3-5-6-7-8-9-10-11-12-13-15-18(4-2)25-20(19(22)23)24-17-14-16-21/h18,20-21H,3-17H2,1-2H3,(H,22,23). The van der Waals surface area contributed by atoms with Gasteiger partial charge in [0.15, 0.2) is 0 Å². The van der Waals surface area contributed by atoms with E-state index >= 15 is 0 Å². The predicted octanol–water partition coefficient (Wildman–Crippen LogP) is 4.90. The molecule has 150 valence electrons. The first-order chi connectivity index (χ1) is 12.2. The van der Waals surface area contributed by atoms with Crippen LogP contribution in [0.15, 0.2) is 0 Å². The highest BCUT2D eigenvalue weighted by Gasteiger charge is 2.22. The molecule has 0 rings (SSSR count). The molecule has 0 aromatic carbocycles. The van der Waals surface area contributed by atoms with E-state index in [4.69, 9.17) is 19.7 Å². The minimum atomic E-state index is -1.22. The fraction of sp³-hybridized carbons (Fsp3) is 0.950. The fourth-order valence-electron chi connectivity index (χ4n) is 2.83. The molecule has 2 N–H and O–H groups in total. The van der Waals surface area contributed by atoms with Crippen molar-refractivity contribution < 1.29 is 24.5 Å². The number of aliphatic carboxylic acids is 1. The summed E-state index contributed by atoms with van der Waals surface area (Å²) in [4.78, 5) is 11.2. The van der Waals surface area contributed by atoms with E-state index in [2.05, 4.69) is 6.92 Å². The summed E-state index contributed by atoms with van der Waals surface area (Å²) in [5.74, 6) is -1.10. The molecule has 0 aliphatic carbocycles. The molecule has 0 bridgehead atoms. The van der Waals surface area contributed by atoms with Gasteiger partial charge in [-0.2, -0.15) is 0 Å². The Hall–Kier alpha value is -0.650. The first-order valence-corrected chi connectivity index (χ1v) is 10.3. The lowest BCUT2D eigenvalue weighted by Gasteiger charge is -2.21. The fourth-order valence-corrected chi connectivity index (χ4v) is 2.83. The Morgan fingerprint density at radius 3 is 1.92 bits per heavy atom. The third-order valence-corrected chi connectivity index (χ3v) is 4.42. The second-order valence-corrected chi connectivity index (χ2v) is 6.76. The van der Waals surface area contributed by atoms with Gasteiger partial charge in [0.05, 0.1) is 12.7 Å². The molecule has 0 heterocycles. The molecule has 2 atom stereocenters. The maximum atomic E-state index is 11.2. The van der Waals surface area contributed by atoms with E-state index in [9.17, 15) is 4.79 Å². The Morgan fingerprint density at radius 2 is 1.44 bits per heavy atom. The van der Waals surface area contributed by atoms with Crippen molar-refractivity contribution in [3.05, 3.63) is 0 Å². The van der Waals surface area contributed by atoms with Crippen LogP contribution in [-0.4, -0.2) is 41.8 Å². The molecule has 0 aromatic heterocycles. The number of aliphatic hydroxyl groups is 1. The summed E-state index contributed by atoms with van der Waals surface area (Å²) < 4.78 is 10.8. The zero-order chi connectivity index (χ0) is 18.8. The van der Waals surface area contributed by atoms with Gasteiger partial charge in [-0.1, -0.05) is 78.1 Å². The third kappa shape index (κ3) is 15.3. The molecule has 5 nitrogen and oxygen atoms in total. The number of rotatable bonds is 19. The number of carboxylic acid groups (broad SMARTS) is 1. The van der Waals surface area contributed by atoms with Crippen molar-refractivity contribution in [3.63, 3.8) is 0 Å². The van der Waals surface area contributed by atoms with Crippen LogP contribution in [0.2, 0.25) is 0 Å². The number of aliphatic hydroxyl groups excluding tert-OH is 1. The second-order valence-electron chi connectivity index (χ2n) is 6.76. The quantitative estimate of drug-likeness (QED) is 0.253. The smallest absolute Gasteiger partial charge is 0.361 e. The van der Waals surface area contributed by atoms with Crippen LogP contribution in [0.1, 0.15) is 97.3 Å². The minimum Gasteiger partial charge on any atom is -0.477 e. The maximum absolute atomic E-state index is 11.2. The lowest BCUT2D eigenvalue weighted by molar-refractivity contribution is -0.203. The number of hydrogen-bond donors (Lipinski definition) is 2. The Kier molecular flexibility index (Phi) is 17.7. The Balaban J connectivity index is 3.73. The first kappa shape index (κ1) is 24.4. The molecule has 0 aliphatic heterocycles. The van der Waals surface area contributed by atoms with Gasteiger partial charge in [-0.3, -0.25) is 0 Å². The SMILES string of the molecule is CCCCCCCCCCCCC(CC)OC(OCCCO)C(=O)O. The van der Waals surface area contributed by atoms with Crippen LogP contribution in [0.4, 0.5) is 0 Å². The van der Waals surface area contributed by atoms with Crippen LogP contribution in [0, 0.1) is 0 Å². The van der Waals surface area contributed by atoms with Crippen molar-refractivity contribution in [2.45, 2.75) is 110 Å². The van der Waals surface area contributed by atoms with Crippen molar-refractivity contribution >= 4 is 5.97 Å². The Labute approximate surface area is 154 Å². The summed E-state index contributed by atoms with van der Waals surface area (Å²) >= 11 is 0. The summed E-state index contributed by atoms with van der Waals surface area (Å²) in [5, 5.41) is 17.9. The van der Waals surface area contributed by atoms with Gasteiger partial charge in [0.2, 0.25) is 0 Å². The molecule has 0 spiro atoms. The number of carboxylic acids is 1. The molecular formula is C20H40O5. The number of ether oxygens (including phenoxy) is 2. The van der Waals surface area contributed by atoms with E-state index in [1.54, 1.807) is 0 Å². The van der Waals surface area contributed by atoms with Crippen molar-refractivity contribution in [2.24, 2.45) is 0 Å². The molecular weight excluding hydrogens is 320 g/mol. The lowest BCUT2D eigenvalue weighted by Crippen LogP contribution is -2.32. The first-order valence-electron chi connectivity index (χ1n) is 10.3. The van der Waals surface area contributed by atoms with E-state index in [0.29, 0.717) is 6.42 Å². The van der Waals surface area contributed by atoms with Gasteiger partial charge in [0.25, 0.3) is 6.29 Å². The number of unbranched alkanes of at least 4 members (excludes halogenated alkanes) is 9. The zero-order valence-corrected chi connectivity index (χ0v) is 16.4. The van der Waals surface area contributed by atoms with Gasteiger partial charge < -0.3 is 19.7 Å². The summed E-state index contributed by atoms with van der Waals surface area (Å²) in [5.41, 5.74) is 0. The highest BCUT2D eigenvalue weighted by molar-refractivity contribution is 5.70. The van der Waals surface area contributed by atoms with Gasteiger partial charge >= 0.3 is 5.97 Å². The van der Waals surface area contributed by atoms with Gasteiger partial charge in [0, 0.05) is 6.61 Å². The molecule has 5 heteroatoms. The molecule has 0 saturated heterocycles. The van der Waals surface area contributed by atoms with Gasteiger partial charge in [0.1, 0.15) is 0 Å². The van der Waals surface area contributed by atoms with Crippen molar-refractivity contribution in [1.29, 1.82) is 0 Å². The molecule has 0 aliphatic rings. The predicted molar refractivity (Wildman–Crippen MR) is 101 cm³/mol. The maximum Gasteiger partial charge on any atom is 0.361 e. The highest BCUT2D eigenvalue weighted by Crippen LogP contribution is 2.16. The second kappa shape index (κ2) is 18.2. The average Bonchev–Trinajstić information content (AvgIpc) is 2.60. The molecule has 0 radical (unpaired) electrons. The van der Waals surface area contributed by atoms with E-state index in [1.165, 1.54) is 57.8 Å². The number of carbonyl (C=O) groups is 1. The van der Waals surface area contributed by atoms with Gasteiger partial charge in [-0.15, -0.1) is 0 Å². The lowest BCUT2D eigenvalue weighted by atomic mass is 10.0. The molecule has 0 saturated carbocycles. The largest absolute Gasteiger partial charge is 0.477 e. The Morgan fingerprint density at radius 1 is 0.880 bits per heavy atom. The third-order valence-electron chi connectivity index (χ3n) is 4.42. The summed E-state index contributed by atoms with van der Waals surface area (Å²) in [6.07, 6.45) is 13.7. The summed E-state index contributed by atoms with van der Waals surface area (Å²) in [6.45, 7) is 4.44. The molecule has 25 heavy (non-hydrogen) atoms. The molecule has 0 aromatic rings. The van der Waals surface area contributed by atoms with E-state index in [1.807, 2.05) is 6.92 Å². The van der Waals surface area contributed by atoms with Crippen LogP contribution >= 0.6 is 0 Å². The van der Waals surface area contributed by atoms with E-state index in [0.717, 1.165) is 19.3 Å². The van der Waals surface area contributed by atoms with Crippen LogP contribution in [0.5, 0.6) is 0 Å². The topological polar surface area (TPSA) is 76.0 Å². The van der Waals surface area contributed by atoms with Gasteiger partial charge in [-0.05, 0) is 19.3 Å². The summed E-state index contributed by atoms with van der Waals surface area (Å²) in [7, 11) is 0. The zero-order valence-electron chi connectivity index (χ0n) is 16.4. The van der Waals surface area contributed by atoms with E-state index < -0.39 is 12.3 Å². The van der Waals surface area contributed by atoms with Crippen LogP contribution < -0.4 is 0 Å².